The first kappa shape index (κ1) is 16.0. The number of nitrogens with one attached hydrogen (secondary N) is 1. The number of anilines is 1. The molecule has 2 heterocycles. The van der Waals surface area contributed by atoms with Gasteiger partial charge in [-0.25, -0.2) is 14.1 Å². The van der Waals surface area contributed by atoms with Gasteiger partial charge in [-0.05, 0) is 42.7 Å². The van der Waals surface area contributed by atoms with Crippen molar-refractivity contribution in [3.63, 3.8) is 0 Å². The molecule has 1 aromatic heterocycles. The van der Waals surface area contributed by atoms with Crippen molar-refractivity contribution in [2.75, 3.05) is 11.9 Å². The number of carbonyl (C=O) groups excluding carboxylic acids is 1. The minimum absolute atomic E-state index is 0.0265. The van der Waals surface area contributed by atoms with Gasteiger partial charge in [0.1, 0.15) is 23.1 Å². The summed E-state index contributed by atoms with van der Waals surface area (Å²) in [5.41, 5.74) is 1.97. The summed E-state index contributed by atoms with van der Waals surface area (Å²) in [6.45, 7) is 0.0265. The molecule has 27 heavy (non-hydrogen) atoms. The Morgan fingerprint density at radius 2 is 2.07 bits per heavy atom. The van der Waals surface area contributed by atoms with Crippen LogP contribution in [-0.2, 0) is 11.2 Å². The molecule has 1 saturated carbocycles. The topological polar surface area (TPSA) is 69.0 Å². The van der Waals surface area contributed by atoms with E-state index in [-0.39, 0.29) is 18.3 Å². The van der Waals surface area contributed by atoms with Gasteiger partial charge in [0.05, 0.1) is 5.69 Å². The highest BCUT2D eigenvalue weighted by molar-refractivity contribution is 5.95. The maximum atomic E-state index is 14.3. The molecule has 7 heteroatoms. The van der Waals surface area contributed by atoms with Crippen LogP contribution in [0.3, 0.4) is 0 Å². The van der Waals surface area contributed by atoms with E-state index >= 15 is 0 Å². The third-order valence-corrected chi connectivity index (χ3v) is 4.75. The maximum absolute atomic E-state index is 14.3. The fourth-order valence-electron chi connectivity index (χ4n) is 3.23. The molecule has 6 nitrogen and oxygen atoms in total. The summed E-state index contributed by atoms with van der Waals surface area (Å²) < 4.78 is 21.3. The second-order valence-corrected chi connectivity index (χ2v) is 6.87. The Kier molecular flexibility index (Phi) is 3.67. The molecule has 1 amide bonds. The van der Waals surface area contributed by atoms with Crippen LogP contribution in [0.15, 0.2) is 42.5 Å². The molecule has 136 valence electrons. The van der Waals surface area contributed by atoms with E-state index in [1.54, 1.807) is 22.9 Å². The zero-order valence-electron chi connectivity index (χ0n) is 14.5. The van der Waals surface area contributed by atoms with Gasteiger partial charge in [0, 0.05) is 12.3 Å². The molecule has 2 aliphatic rings. The lowest BCUT2D eigenvalue weighted by molar-refractivity contribution is -0.118. The number of aromatic nitrogens is 3. The number of benzene rings is 2. The quantitative estimate of drug-likeness (QED) is 0.772. The van der Waals surface area contributed by atoms with Crippen LogP contribution in [0, 0.1) is 5.82 Å². The van der Waals surface area contributed by atoms with Crippen LogP contribution in [0.2, 0.25) is 0 Å². The van der Waals surface area contributed by atoms with E-state index in [1.807, 2.05) is 18.2 Å². The van der Waals surface area contributed by atoms with Crippen molar-refractivity contribution in [1.82, 2.24) is 14.8 Å². The monoisotopic (exact) mass is 364 g/mol. The Hall–Kier alpha value is -3.22. The van der Waals surface area contributed by atoms with Crippen molar-refractivity contribution in [3.05, 3.63) is 65.5 Å². The molecular formula is C20H17FN4O2. The van der Waals surface area contributed by atoms with Crippen LogP contribution < -0.4 is 10.1 Å². The molecule has 2 aromatic carbocycles. The lowest BCUT2D eigenvalue weighted by Gasteiger charge is -2.18. The van der Waals surface area contributed by atoms with E-state index in [0.717, 1.165) is 24.2 Å². The first-order valence-corrected chi connectivity index (χ1v) is 8.94. The first-order valence-electron chi connectivity index (χ1n) is 8.94. The summed E-state index contributed by atoms with van der Waals surface area (Å²) in [4.78, 5) is 16.2. The lowest BCUT2D eigenvalue weighted by Crippen LogP contribution is -2.25. The largest absolute Gasteiger partial charge is 0.482 e. The van der Waals surface area contributed by atoms with Gasteiger partial charge in [0.15, 0.2) is 12.4 Å². The van der Waals surface area contributed by atoms with Crippen molar-refractivity contribution in [1.29, 1.82) is 0 Å². The molecule has 0 spiro atoms. The number of hydrogen-bond acceptors (Lipinski definition) is 4. The Morgan fingerprint density at radius 3 is 2.89 bits per heavy atom. The summed E-state index contributed by atoms with van der Waals surface area (Å²) in [5.74, 6) is 1.94. The second kappa shape index (κ2) is 6.19. The van der Waals surface area contributed by atoms with Crippen LogP contribution >= 0.6 is 0 Å². The second-order valence-electron chi connectivity index (χ2n) is 6.87. The summed E-state index contributed by atoms with van der Waals surface area (Å²) in [6.07, 6.45) is 2.61. The van der Waals surface area contributed by atoms with Gasteiger partial charge in [-0.15, -0.1) is 0 Å². The average Bonchev–Trinajstić information content (AvgIpc) is 3.43. The number of nitrogens with zero attached hydrogens (tertiary/aromatic N) is 3. The molecule has 0 unspecified atom stereocenters. The van der Waals surface area contributed by atoms with E-state index in [2.05, 4.69) is 15.4 Å². The molecule has 1 N–H and O–H groups in total. The molecule has 1 fully saturated rings. The van der Waals surface area contributed by atoms with Crippen molar-refractivity contribution in [3.8, 4) is 11.4 Å². The van der Waals surface area contributed by atoms with Crippen LogP contribution in [0.25, 0.3) is 5.69 Å². The molecule has 5 rings (SSSR count). The average molecular weight is 364 g/mol. The number of carbonyl (C=O) groups is 1. The highest BCUT2D eigenvalue weighted by Gasteiger charge is 2.29. The molecular weight excluding hydrogens is 347 g/mol. The van der Waals surface area contributed by atoms with Crippen molar-refractivity contribution < 1.29 is 13.9 Å². The van der Waals surface area contributed by atoms with Gasteiger partial charge in [0.2, 0.25) is 0 Å². The molecule has 0 radical (unpaired) electrons. The SMILES string of the molecule is O=C1COc2ccc(Cc3nc(C4CC4)nn3-c3ccccc3F)cc2N1. The molecule has 3 aromatic rings. The zero-order chi connectivity index (χ0) is 18.4. The van der Waals surface area contributed by atoms with Gasteiger partial charge in [-0.3, -0.25) is 4.79 Å². The summed E-state index contributed by atoms with van der Waals surface area (Å²) in [6, 6.07) is 12.2. The van der Waals surface area contributed by atoms with Gasteiger partial charge >= 0.3 is 0 Å². The number of ether oxygens (including phenoxy) is 1. The van der Waals surface area contributed by atoms with E-state index in [4.69, 9.17) is 4.74 Å². The van der Waals surface area contributed by atoms with E-state index in [1.165, 1.54) is 6.07 Å². The van der Waals surface area contributed by atoms with E-state index in [9.17, 15) is 9.18 Å². The van der Waals surface area contributed by atoms with Crippen LogP contribution in [-0.4, -0.2) is 27.3 Å². The molecule has 0 bridgehead atoms. The predicted octanol–water partition coefficient (Wildman–Crippen LogP) is 3.21. The number of halogens is 1. The Balaban J connectivity index is 1.52. The number of amides is 1. The summed E-state index contributed by atoms with van der Waals surface area (Å²) >= 11 is 0. The number of hydrogen-bond donors (Lipinski definition) is 1. The van der Waals surface area contributed by atoms with Crippen molar-refractivity contribution >= 4 is 11.6 Å². The van der Waals surface area contributed by atoms with E-state index in [0.29, 0.717) is 35.3 Å². The highest BCUT2D eigenvalue weighted by atomic mass is 19.1. The van der Waals surface area contributed by atoms with Crippen molar-refractivity contribution in [2.45, 2.75) is 25.2 Å². The Labute approximate surface area is 155 Å². The number of para-hydroxylation sites is 1. The minimum atomic E-state index is -0.336. The van der Waals surface area contributed by atoms with Crippen molar-refractivity contribution in [2.24, 2.45) is 0 Å². The number of fused-ring (bicyclic) bond motifs is 1. The summed E-state index contributed by atoms with van der Waals surface area (Å²) in [5, 5.41) is 7.38. The maximum Gasteiger partial charge on any atom is 0.262 e. The Bertz CT molecular complexity index is 1040. The van der Waals surface area contributed by atoms with Gasteiger partial charge in [-0.1, -0.05) is 18.2 Å². The fourth-order valence-corrected chi connectivity index (χ4v) is 3.23. The minimum Gasteiger partial charge on any atom is -0.482 e. The fraction of sp³-hybridized carbons (Fsp3) is 0.250. The number of rotatable bonds is 4. The zero-order valence-corrected chi connectivity index (χ0v) is 14.5. The predicted molar refractivity (Wildman–Crippen MR) is 96.7 cm³/mol. The third kappa shape index (κ3) is 3.05. The normalized spacial score (nSPS) is 15.8. The molecule has 1 aliphatic carbocycles. The van der Waals surface area contributed by atoms with E-state index < -0.39 is 0 Å². The Morgan fingerprint density at radius 1 is 1.22 bits per heavy atom. The highest BCUT2D eigenvalue weighted by Crippen LogP contribution is 2.38. The van der Waals surface area contributed by atoms with Crippen LogP contribution in [0.1, 0.15) is 36.0 Å². The van der Waals surface area contributed by atoms with Gasteiger partial charge < -0.3 is 10.1 Å². The van der Waals surface area contributed by atoms with Gasteiger partial charge in [0.25, 0.3) is 5.91 Å². The third-order valence-electron chi connectivity index (χ3n) is 4.75. The standard InChI is InChI=1S/C20H17FN4O2/c21-14-3-1-2-4-16(14)25-18(23-20(24-25)13-6-7-13)10-12-5-8-17-15(9-12)22-19(26)11-27-17/h1-5,8-9,13H,6-7,10-11H2,(H,22,26). The smallest absolute Gasteiger partial charge is 0.262 e. The first-order chi connectivity index (χ1) is 13.2. The molecule has 0 atom stereocenters. The lowest BCUT2D eigenvalue weighted by atomic mass is 10.1. The molecule has 1 aliphatic heterocycles. The van der Waals surface area contributed by atoms with Gasteiger partial charge in [-0.2, -0.15) is 5.10 Å². The summed E-state index contributed by atoms with van der Waals surface area (Å²) in [7, 11) is 0. The van der Waals surface area contributed by atoms with Crippen LogP contribution in [0.5, 0.6) is 5.75 Å². The van der Waals surface area contributed by atoms with Crippen LogP contribution in [0.4, 0.5) is 10.1 Å². The molecule has 0 saturated heterocycles.